The molecule has 0 aliphatic rings. The van der Waals surface area contributed by atoms with Crippen LogP contribution in [0.15, 0.2) is 24.5 Å². The van der Waals surface area contributed by atoms with Crippen molar-refractivity contribution in [3.05, 3.63) is 47.2 Å². The molecule has 9 heteroatoms. The van der Waals surface area contributed by atoms with Gasteiger partial charge < -0.3 is 10.1 Å². The van der Waals surface area contributed by atoms with Gasteiger partial charge in [-0.05, 0) is 32.9 Å². The van der Waals surface area contributed by atoms with Gasteiger partial charge >= 0.3 is 0 Å². The maximum atomic E-state index is 14.0. The molecule has 0 radical (unpaired) electrons. The Hall–Kier alpha value is -3.00. The van der Waals surface area contributed by atoms with Crippen LogP contribution in [0.5, 0.6) is 5.75 Å². The predicted octanol–water partition coefficient (Wildman–Crippen LogP) is 3.60. The minimum absolute atomic E-state index is 0.119. The molecule has 0 saturated carbocycles. The van der Waals surface area contributed by atoms with Crippen molar-refractivity contribution in [2.24, 2.45) is 0 Å². The van der Waals surface area contributed by atoms with E-state index in [0.717, 1.165) is 0 Å². The van der Waals surface area contributed by atoms with Gasteiger partial charge in [-0.2, -0.15) is 5.10 Å². The second-order valence-electron chi connectivity index (χ2n) is 6.39. The molecule has 0 unspecified atom stereocenters. The molecule has 0 atom stereocenters. The first-order valence-electron chi connectivity index (χ1n) is 8.51. The van der Waals surface area contributed by atoms with Crippen molar-refractivity contribution < 1.29 is 18.7 Å². The fourth-order valence-corrected chi connectivity index (χ4v) is 2.88. The molecule has 0 bridgehead atoms. The number of amides is 1. The Bertz CT molecular complexity index is 1060. The number of hydrogen-bond donors (Lipinski definition) is 2. The summed E-state index contributed by atoms with van der Waals surface area (Å²) in [4.78, 5) is 29.6. The molecule has 28 heavy (non-hydrogen) atoms. The second kappa shape index (κ2) is 7.93. The van der Waals surface area contributed by atoms with E-state index in [1.165, 1.54) is 24.5 Å². The van der Waals surface area contributed by atoms with Crippen LogP contribution in [0.4, 0.5) is 10.1 Å². The summed E-state index contributed by atoms with van der Waals surface area (Å²) < 4.78 is 19.7. The summed E-state index contributed by atoms with van der Waals surface area (Å²) in [5.41, 5.74) is 1.08. The molecule has 2 heterocycles. The fraction of sp³-hybridized carbons (Fsp3) is 0.263. The molecule has 0 aliphatic carbocycles. The van der Waals surface area contributed by atoms with Gasteiger partial charge in [0.25, 0.3) is 0 Å². The van der Waals surface area contributed by atoms with E-state index in [-0.39, 0.29) is 40.1 Å². The Kier molecular flexibility index (Phi) is 5.60. The van der Waals surface area contributed by atoms with E-state index in [4.69, 9.17) is 16.3 Å². The number of alkyl halides is 1. The highest BCUT2D eigenvalue weighted by Gasteiger charge is 2.26. The fourth-order valence-electron chi connectivity index (χ4n) is 2.82. The van der Waals surface area contributed by atoms with Crippen LogP contribution < -0.4 is 10.1 Å². The van der Waals surface area contributed by atoms with Gasteiger partial charge in [0.05, 0.1) is 35.4 Å². The maximum absolute atomic E-state index is 14.0. The van der Waals surface area contributed by atoms with Crippen molar-refractivity contribution in [1.82, 2.24) is 15.2 Å². The van der Waals surface area contributed by atoms with E-state index < -0.39 is 17.5 Å². The highest BCUT2D eigenvalue weighted by atomic mass is 35.5. The number of aromatic amines is 1. The van der Waals surface area contributed by atoms with Crippen molar-refractivity contribution >= 4 is 39.9 Å². The number of nitrogens with zero attached hydrogens (tertiary/aromatic N) is 2. The number of nitrogens with one attached hydrogen (secondary N) is 2. The zero-order chi connectivity index (χ0) is 20.4. The molecule has 0 fully saturated rings. The molecule has 1 aromatic carbocycles. The number of carbonyl (C=O) groups is 2. The second-order valence-corrected chi connectivity index (χ2v) is 6.66. The summed E-state index contributed by atoms with van der Waals surface area (Å²) in [6.45, 7) is 5.26. The lowest BCUT2D eigenvalue weighted by Crippen LogP contribution is -2.20. The summed E-state index contributed by atoms with van der Waals surface area (Å²) in [5.74, 6) is -1.56. The van der Waals surface area contributed by atoms with Crippen molar-refractivity contribution in [2.45, 2.75) is 26.9 Å². The Morgan fingerprint density at radius 3 is 2.75 bits per heavy atom. The molecule has 2 N–H and O–H groups in total. The maximum Gasteiger partial charge on any atom is 0.239 e. The summed E-state index contributed by atoms with van der Waals surface area (Å²) >= 11 is 5.61. The molecular formula is C19H18ClFN4O3. The lowest BCUT2D eigenvalue weighted by Gasteiger charge is -2.18. The van der Waals surface area contributed by atoms with Crippen LogP contribution in [0.2, 0.25) is 0 Å². The van der Waals surface area contributed by atoms with Crippen molar-refractivity contribution in [3.8, 4) is 5.75 Å². The van der Waals surface area contributed by atoms with Crippen LogP contribution in [-0.2, 0) is 4.79 Å². The normalized spacial score (nSPS) is 11.1. The van der Waals surface area contributed by atoms with Crippen LogP contribution >= 0.6 is 11.6 Å². The largest absolute Gasteiger partial charge is 0.489 e. The molecule has 1 amide bonds. The molecule has 3 aromatic rings. The quantitative estimate of drug-likeness (QED) is 0.483. The topological polar surface area (TPSA) is 97.0 Å². The zero-order valence-electron chi connectivity index (χ0n) is 15.5. The number of ketones is 1. The number of aromatic nitrogens is 3. The zero-order valence-corrected chi connectivity index (χ0v) is 16.2. The minimum atomic E-state index is -0.524. The first-order valence-corrected chi connectivity index (χ1v) is 9.05. The third-order valence-electron chi connectivity index (χ3n) is 4.02. The smallest absolute Gasteiger partial charge is 0.239 e. The van der Waals surface area contributed by atoms with Crippen LogP contribution in [0, 0.1) is 12.7 Å². The molecular weight excluding hydrogens is 387 g/mol. The first-order chi connectivity index (χ1) is 13.3. The standard InChI is InChI=1S/C19H18ClFN4O3/c1-9(2)28-14-8-22-10(3)17(24-15(26)6-20)16(14)19(27)11-4-5-13(21)18-12(11)7-23-25-18/h4-5,7-9H,6H2,1-3H3,(H,23,25)(H,24,26). The van der Waals surface area contributed by atoms with E-state index in [2.05, 4.69) is 20.5 Å². The highest BCUT2D eigenvalue weighted by Crippen LogP contribution is 2.33. The number of pyridine rings is 1. The first kappa shape index (κ1) is 19.8. The van der Waals surface area contributed by atoms with Crippen molar-refractivity contribution in [3.63, 3.8) is 0 Å². The van der Waals surface area contributed by atoms with Crippen LogP contribution in [0.25, 0.3) is 10.9 Å². The molecule has 3 rings (SSSR count). The number of halogens is 2. The van der Waals surface area contributed by atoms with Gasteiger partial charge in [0.1, 0.15) is 17.2 Å². The van der Waals surface area contributed by atoms with Gasteiger partial charge in [0.2, 0.25) is 5.91 Å². The minimum Gasteiger partial charge on any atom is -0.489 e. The summed E-state index contributed by atoms with van der Waals surface area (Å²) in [5, 5.41) is 9.30. The number of anilines is 1. The average molecular weight is 405 g/mol. The van der Waals surface area contributed by atoms with Crippen molar-refractivity contribution in [1.29, 1.82) is 0 Å². The lowest BCUT2D eigenvalue weighted by atomic mass is 9.97. The van der Waals surface area contributed by atoms with Gasteiger partial charge in [0, 0.05) is 10.9 Å². The van der Waals surface area contributed by atoms with Crippen molar-refractivity contribution in [2.75, 3.05) is 11.2 Å². The van der Waals surface area contributed by atoms with Gasteiger partial charge in [-0.3, -0.25) is 19.7 Å². The number of rotatable bonds is 6. The monoisotopic (exact) mass is 404 g/mol. The average Bonchev–Trinajstić information content (AvgIpc) is 3.14. The molecule has 0 saturated heterocycles. The molecule has 2 aromatic heterocycles. The van der Waals surface area contributed by atoms with Gasteiger partial charge in [-0.1, -0.05) is 0 Å². The highest BCUT2D eigenvalue weighted by molar-refractivity contribution is 6.29. The number of ether oxygens (including phenoxy) is 1. The molecule has 7 nitrogen and oxygen atoms in total. The Morgan fingerprint density at radius 2 is 2.07 bits per heavy atom. The SMILES string of the molecule is Cc1ncc(OC(C)C)c(C(=O)c2ccc(F)c3[nH]ncc23)c1NC(=O)CCl. The van der Waals surface area contributed by atoms with Crippen LogP contribution in [0.1, 0.15) is 35.5 Å². The summed E-state index contributed by atoms with van der Waals surface area (Å²) in [6.07, 6.45) is 2.56. The van der Waals surface area contributed by atoms with E-state index in [9.17, 15) is 14.0 Å². The lowest BCUT2D eigenvalue weighted by molar-refractivity contribution is -0.113. The Labute approximate surface area is 165 Å². The van der Waals surface area contributed by atoms with E-state index in [1.54, 1.807) is 20.8 Å². The van der Waals surface area contributed by atoms with E-state index in [0.29, 0.717) is 11.1 Å². The molecule has 0 aliphatic heterocycles. The molecule has 0 spiro atoms. The van der Waals surface area contributed by atoms with E-state index in [1.807, 2.05) is 0 Å². The van der Waals surface area contributed by atoms with Gasteiger partial charge in [-0.25, -0.2) is 4.39 Å². The third kappa shape index (κ3) is 3.68. The Morgan fingerprint density at radius 1 is 1.32 bits per heavy atom. The predicted molar refractivity (Wildman–Crippen MR) is 104 cm³/mol. The number of hydrogen-bond acceptors (Lipinski definition) is 5. The van der Waals surface area contributed by atoms with Crippen LogP contribution in [0.3, 0.4) is 0 Å². The molecule has 146 valence electrons. The Balaban J connectivity index is 2.23. The number of fused-ring (bicyclic) bond motifs is 1. The number of H-pyrrole nitrogens is 1. The number of aryl methyl sites for hydroxylation is 1. The number of carbonyl (C=O) groups excluding carboxylic acids is 2. The third-order valence-corrected chi connectivity index (χ3v) is 4.26. The van der Waals surface area contributed by atoms with E-state index >= 15 is 0 Å². The van der Waals surface area contributed by atoms with Crippen LogP contribution in [-0.4, -0.2) is 38.9 Å². The van der Waals surface area contributed by atoms with Gasteiger partial charge in [0.15, 0.2) is 11.5 Å². The number of benzene rings is 1. The summed E-state index contributed by atoms with van der Waals surface area (Å²) in [7, 11) is 0. The summed E-state index contributed by atoms with van der Waals surface area (Å²) in [6, 6.07) is 2.55. The van der Waals surface area contributed by atoms with Gasteiger partial charge in [-0.15, -0.1) is 11.6 Å².